The predicted molar refractivity (Wildman–Crippen MR) is 86.6 cm³/mol. The van der Waals surface area contributed by atoms with E-state index in [1.54, 1.807) is 0 Å². The van der Waals surface area contributed by atoms with Gasteiger partial charge in [0.1, 0.15) is 0 Å². The Balaban J connectivity index is 2.28. The van der Waals surface area contributed by atoms with Gasteiger partial charge in [0.2, 0.25) is 0 Å². The van der Waals surface area contributed by atoms with Crippen LogP contribution in [0.2, 0.25) is 0 Å². The largest absolute Gasteiger partial charge is 0.488 e. The Bertz CT molecular complexity index is 462. The van der Waals surface area contributed by atoms with E-state index in [9.17, 15) is 10.0 Å². The van der Waals surface area contributed by atoms with Crippen molar-refractivity contribution in [3.8, 4) is 0 Å². The van der Waals surface area contributed by atoms with Crippen molar-refractivity contribution in [3.63, 3.8) is 0 Å². The maximum atomic E-state index is 9.48. The van der Waals surface area contributed by atoms with Gasteiger partial charge in [-0.2, -0.15) is 0 Å². The van der Waals surface area contributed by atoms with E-state index in [0.29, 0.717) is 5.46 Å². The lowest BCUT2D eigenvalue weighted by molar-refractivity contribution is 0.233. The molecule has 1 aliphatic heterocycles. The minimum absolute atomic E-state index is 0.625. The second-order valence-corrected chi connectivity index (χ2v) is 6.17. The fourth-order valence-electron chi connectivity index (χ4n) is 2.50. The number of rotatable bonds is 3. The van der Waals surface area contributed by atoms with Gasteiger partial charge in [-0.1, -0.05) is 6.07 Å². The van der Waals surface area contributed by atoms with Crippen LogP contribution in [-0.2, 0) is 6.54 Å². The Morgan fingerprint density at radius 1 is 1.26 bits per heavy atom. The number of nitrogens with zero attached hydrogens (tertiary/aromatic N) is 1. The molecule has 3 N–H and O–H groups in total. The first-order valence-electron chi connectivity index (χ1n) is 6.58. The first-order valence-corrected chi connectivity index (χ1v) is 7.66. The van der Waals surface area contributed by atoms with Gasteiger partial charge in [0.25, 0.3) is 0 Å². The third-order valence-corrected chi connectivity index (χ3v) is 5.40. The molecule has 0 aromatic heterocycles. The molecule has 0 spiro atoms. The molecule has 1 saturated heterocycles. The molecule has 0 atom stereocenters. The second-order valence-electron chi connectivity index (χ2n) is 5.09. The Morgan fingerprint density at radius 2 is 1.89 bits per heavy atom. The Morgan fingerprint density at radius 3 is 2.47 bits per heavy atom. The summed E-state index contributed by atoms with van der Waals surface area (Å²) in [5.41, 5.74) is 4.04. The number of hydrogen-bond donors (Lipinski definition) is 3. The number of nitrogens with one attached hydrogen (secondary N) is 1. The molecule has 6 heteroatoms. The van der Waals surface area contributed by atoms with Crippen molar-refractivity contribution in [2.75, 3.05) is 26.2 Å². The smallest absolute Gasteiger partial charge is 0.423 e. The van der Waals surface area contributed by atoms with Gasteiger partial charge < -0.3 is 15.4 Å². The van der Waals surface area contributed by atoms with Crippen LogP contribution >= 0.6 is 22.6 Å². The maximum Gasteiger partial charge on any atom is 0.488 e. The maximum absolute atomic E-state index is 9.48. The van der Waals surface area contributed by atoms with Crippen molar-refractivity contribution in [1.29, 1.82) is 0 Å². The van der Waals surface area contributed by atoms with Gasteiger partial charge in [0.15, 0.2) is 0 Å². The Hall–Kier alpha value is -0.145. The van der Waals surface area contributed by atoms with Crippen molar-refractivity contribution < 1.29 is 10.0 Å². The highest BCUT2D eigenvalue weighted by Gasteiger charge is 2.20. The molecule has 104 valence electrons. The minimum Gasteiger partial charge on any atom is -0.423 e. The average Bonchev–Trinajstić information content (AvgIpc) is 2.40. The van der Waals surface area contributed by atoms with E-state index in [4.69, 9.17) is 0 Å². The molecule has 0 saturated carbocycles. The standard InChI is InChI=1S/C13H20BIN2O2/c1-9-11(8-17-5-3-16-4-6-17)7-12(14(18)19)10(2)13(9)15/h7,16,18-19H,3-6,8H2,1-2H3. The summed E-state index contributed by atoms with van der Waals surface area (Å²) in [6.07, 6.45) is 0. The summed E-state index contributed by atoms with van der Waals surface area (Å²) in [4.78, 5) is 2.40. The third-order valence-electron chi connectivity index (χ3n) is 3.78. The van der Waals surface area contributed by atoms with Crippen LogP contribution in [0, 0.1) is 17.4 Å². The van der Waals surface area contributed by atoms with Crippen LogP contribution in [0.1, 0.15) is 16.7 Å². The summed E-state index contributed by atoms with van der Waals surface area (Å²) in [7, 11) is -1.39. The van der Waals surface area contributed by atoms with Crippen molar-refractivity contribution in [2.24, 2.45) is 0 Å². The molecule has 0 radical (unpaired) electrons. The molecule has 19 heavy (non-hydrogen) atoms. The van der Waals surface area contributed by atoms with Crippen LogP contribution in [0.15, 0.2) is 6.07 Å². The Labute approximate surface area is 128 Å². The van der Waals surface area contributed by atoms with Gasteiger partial charge in [-0.3, -0.25) is 4.90 Å². The second kappa shape index (κ2) is 6.54. The van der Waals surface area contributed by atoms with Gasteiger partial charge in [0.05, 0.1) is 0 Å². The van der Waals surface area contributed by atoms with Crippen molar-refractivity contribution in [2.45, 2.75) is 20.4 Å². The van der Waals surface area contributed by atoms with E-state index in [2.05, 4.69) is 39.7 Å². The first-order chi connectivity index (χ1) is 9.00. The van der Waals surface area contributed by atoms with E-state index < -0.39 is 7.12 Å². The molecule has 0 amide bonds. The van der Waals surface area contributed by atoms with Crippen molar-refractivity contribution in [1.82, 2.24) is 10.2 Å². The summed E-state index contributed by atoms with van der Waals surface area (Å²) >= 11 is 2.29. The number of piperazine rings is 1. The summed E-state index contributed by atoms with van der Waals surface area (Å²) in [6.45, 7) is 9.07. The van der Waals surface area contributed by atoms with E-state index in [0.717, 1.165) is 41.9 Å². The zero-order chi connectivity index (χ0) is 14.0. The number of benzene rings is 1. The van der Waals surface area contributed by atoms with E-state index in [1.807, 2.05) is 13.0 Å². The highest BCUT2D eigenvalue weighted by atomic mass is 127. The average molecular weight is 374 g/mol. The van der Waals surface area contributed by atoms with Gasteiger partial charge in [-0.25, -0.2) is 0 Å². The minimum atomic E-state index is -1.39. The fourth-order valence-corrected chi connectivity index (χ4v) is 3.15. The van der Waals surface area contributed by atoms with E-state index in [-0.39, 0.29) is 0 Å². The highest BCUT2D eigenvalue weighted by Crippen LogP contribution is 2.20. The van der Waals surface area contributed by atoms with Crippen LogP contribution in [0.4, 0.5) is 0 Å². The molecule has 1 aromatic carbocycles. The number of halogens is 1. The molecule has 1 aliphatic rings. The van der Waals surface area contributed by atoms with Crippen molar-refractivity contribution >= 4 is 35.2 Å². The molecular weight excluding hydrogens is 354 g/mol. The van der Waals surface area contributed by atoms with Gasteiger partial charge >= 0.3 is 7.12 Å². The van der Waals surface area contributed by atoms with Crippen LogP contribution in [-0.4, -0.2) is 48.2 Å². The molecular formula is C13H20BIN2O2. The lowest BCUT2D eigenvalue weighted by Gasteiger charge is -2.28. The van der Waals surface area contributed by atoms with E-state index in [1.165, 1.54) is 11.1 Å². The first kappa shape index (κ1) is 15.2. The topological polar surface area (TPSA) is 55.7 Å². The normalized spacial score (nSPS) is 16.7. The van der Waals surface area contributed by atoms with Crippen LogP contribution < -0.4 is 10.8 Å². The van der Waals surface area contributed by atoms with Crippen LogP contribution in [0.5, 0.6) is 0 Å². The molecule has 1 heterocycles. The van der Waals surface area contributed by atoms with Gasteiger partial charge in [-0.05, 0) is 58.6 Å². The third kappa shape index (κ3) is 3.49. The van der Waals surface area contributed by atoms with Crippen LogP contribution in [0.25, 0.3) is 0 Å². The summed E-state index contributed by atoms with van der Waals surface area (Å²) in [5, 5.41) is 22.3. The van der Waals surface area contributed by atoms with Gasteiger partial charge in [0, 0.05) is 36.3 Å². The Kier molecular flexibility index (Phi) is 5.25. The lowest BCUT2D eigenvalue weighted by Crippen LogP contribution is -2.43. The zero-order valence-electron chi connectivity index (χ0n) is 11.4. The van der Waals surface area contributed by atoms with Crippen LogP contribution in [0.3, 0.4) is 0 Å². The summed E-state index contributed by atoms with van der Waals surface area (Å²) in [5.74, 6) is 0. The molecule has 2 rings (SSSR count). The molecule has 4 nitrogen and oxygen atoms in total. The quantitative estimate of drug-likeness (QED) is 0.515. The van der Waals surface area contributed by atoms with Gasteiger partial charge in [-0.15, -0.1) is 0 Å². The zero-order valence-corrected chi connectivity index (χ0v) is 13.6. The highest BCUT2D eigenvalue weighted by molar-refractivity contribution is 14.1. The number of hydrogen-bond acceptors (Lipinski definition) is 4. The summed E-state index contributed by atoms with van der Waals surface area (Å²) in [6, 6.07) is 1.94. The molecule has 0 unspecified atom stereocenters. The van der Waals surface area contributed by atoms with E-state index >= 15 is 0 Å². The molecule has 1 aromatic rings. The van der Waals surface area contributed by atoms with Crippen molar-refractivity contribution in [3.05, 3.63) is 26.3 Å². The fraction of sp³-hybridized carbons (Fsp3) is 0.538. The lowest BCUT2D eigenvalue weighted by atomic mass is 9.75. The molecule has 0 aliphatic carbocycles. The summed E-state index contributed by atoms with van der Waals surface area (Å²) < 4.78 is 1.13. The SMILES string of the molecule is Cc1c(CN2CCNCC2)cc(B(O)O)c(C)c1I. The predicted octanol–water partition coefficient (Wildman–Crippen LogP) is -0.00696. The molecule has 0 bridgehead atoms. The monoisotopic (exact) mass is 374 g/mol. The molecule has 1 fully saturated rings.